The SMILES string of the molecule is COC(=O)[C@H](Cc1ccccc1)N1O[C@H]1[C@@H]1CC(=O)N1. The number of methoxy groups -OCH3 is 1. The fourth-order valence-corrected chi connectivity index (χ4v) is 2.41. The summed E-state index contributed by atoms with van der Waals surface area (Å²) in [5.41, 5.74) is 1.04. The predicted octanol–water partition coefficient (Wildman–Crippen LogP) is 0.232. The van der Waals surface area contributed by atoms with Crippen LogP contribution in [-0.2, 0) is 25.6 Å². The van der Waals surface area contributed by atoms with Crippen LogP contribution in [-0.4, -0.2) is 42.4 Å². The van der Waals surface area contributed by atoms with E-state index in [1.165, 1.54) is 7.11 Å². The number of carbonyl (C=O) groups is 2. The smallest absolute Gasteiger partial charge is 0.325 e. The summed E-state index contributed by atoms with van der Waals surface area (Å²) in [6.07, 6.45) is 0.742. The zero-order valence-corrected chi connectivity index (χ0v) is 11.1. The zero-order chi connectivity index (χ0) is 14.1. The Hall–Kier alpha value is -1.92. The molecule has 106 valence electrons. The van der Waals surface area contributed by atoms with Gasteiger partial charge in [-0.25, -0.2) is 0 Å². The summed E-state index contributed by atoms with van der Waals surface area (Å²) in [5.74, 6) is -0.315. The van der Waals surface area contributed by atoms with Crippen LogP contribution in [0.1, 0.15) is 12.0 Å². The Balaban J connectivity index is 1.65. The van der Waals surface area contributed by atoms with E-state index < -0.39 is 6.04 Å². The minimum absolute atomic E-state index is 0.0168. The van der Waals surface area contributed by atoms with Gasteiger partial charge in [-0.2, -0.15) is 0 Å². The average molecular weight is 276 g/mol. The first-order chi connectivity index (χ1) is 9.69. The number of hydroxylamine groups is 2. The van der Waals surface area contributed by atoms with Crippen LogP contribution in [0.2, 0.25) is 0 Å². The summed E-state index contributed by atoms with van der Waals surface area (Å²) in [4.78, 5) is 28.3. The Morgan fingerprint density at radius 3 is 2.80 bits per heavy atom. The molecule has 2 saturated heterocycles. The minimum Gasteiger partial charge on any atom is -0.468 e. The molecule has 3 rings (SSSR count). The summed E-state index contributed by atoms with van der Waals surface area (Å²) in [7, 11) is 1.37. The van der Waals surface area contributed by atoms with Crippen LogP contribution in [0, 0.1) is 0 Å². The molecule has 2 heterocycles. The van der Waals surface area contributed by atoms with E-state index in [1.54, 1.807) is 5.06 Å². The molecule has 2 fully saturated rings. The Bertz CT molecular complexity index is 511. The fraction of sp³-hybridized carbons (Fsp3) is 0.429. The van der Waals surface area contributed by atoms with Gasteiger partial charge in [0.25, 0.3) is 0 Å². The maximum atomic E-state index is 11.9. The van der Waals surface area contributed by atoms with E-state index in [9.17, 15) is 9.59 Å². The molecule has 6 heteroatoms. The normalized spacial score (nSPS) is 29.1. The molecule has 0 saturated carbocycles. The van der Waals surface area contributed by atoms with E-state index in [0.717, 1.165) is 5.56 Å². The number of amides is 1. The van der Waals surface area contributed by atoms with Crippen LogP contribution >= 0.6 is 0 Å². The van der Waals surface area contributed by atoms with Crippen molar-refractivity contribution in [2.24, 2.45) is 0 Å². The summed E-state index contributed by atoms with van der Waals surface area (Å²) in [6.45, 7) is 0. The maximum Gasteiger partial charge on any atom is 0.325 e. The van der Waals surface area contributed by atoms with Gasteiger partial charge in [0, 0.05) is 6.42 Å². The van der Waals surface area contributed by atoms with Crippen LogP contribution in [0.25, 0.3) is 0 Å². The maximum absolute atomic E-state index is 11.9. The van der Waals surface area contributed by atoms with Crippen molar-refractivity contribution in [3.05, 3.63) is 35.9 Å². The van der Waals surface area contributed by atoms with Crippen LogP contribution in [0.3, 0.4) is 0 Å². The standard InChI is InChI=1S/C14H16N2O4/c1-19-14(18)11(7-9-5-3-2-4-6-9)16-13(20-16)10-8-12(17)15-10/h2-6,10-11,13H,7-8H2,1H3,(H,15,17)/t10-,11-,13-,16?/m0/s1. The Labute approximate surface area is 116 Å². The van der Waals surface area contributed by atoms with E-state index in [-0.39, 0.29) is 24.1 Å². The lowest BCUT2D eigenvalue weighted by atomic mass is 10.0. The molecule has 6 nitrogen and oxygen atoms in total. The largest absolute Gasteiger partial charge is 0.468 e. The predicted molar refractivity (Wildman–Crippen MR) is 69.2 cm³/mol. The molecule has 1 N–H and O–H groups in total. The van der Waals surface area contributed by atoms with Gasteiger partial charge < -0.3 is 10.1 Å². The van der Waals surface area contributed by atoms with Gasteiger partial charge in [-0.05, 0) is 5.56 Å². The van der Waals surface area contributed by atoms with Crippen molar-refractivity contribution in [3.63, 3.8) is 0 Å². The van der Waals surface area contributed by atoms with E-state index in [1.807, 2.05) is 30.3 Å². The lowest BCUT2D eigenvalue weighted by molar-refractivity contribution is -0.147. The third-order valence-electron chi connectivity index (χ3n) is 3.58. The lowest BCUT2D eigenvalue weighted by Crippen LogP contribution is -2.53. The van der Waals surface area contributed by atoms with Gasteiger partial charge in [-0.1, -0.05) is 30.3 Å². The molecule has 1 unspecified atom stereocenters. The molecular weight excluding hydrogens is 260 g/mol. The molecule has 0 bridgehead atoms. The number of rotatable bonds is 5. The van der Waals surface area contributed by atoms with Gasteiger partial charge in [-0.3, -0.25) is 14.4 Å². The highest BCUT2D eigenvalue weighted by molar-refractivity contribution is 5.83. The number of esters is 1. The second-order valence-electron chi connectivity index (χ2n) is 4.96. The fourth-order valence-electron chi connectivity index (χ4n) is 2.41. The monoisotopic (exact) mass is 276 g/mol. The summed E-state index contributed by atoms with van der Waals surface area (Å²) < 4.78 is 4.84. The van der Waals surface area contributed by atoms with E-state index in [0.29, 0.717) is 12.8 Å². The second kappa shape index (κ2) is 5.22. The van der Waals surface area contributed by atoms with Gasteiger partial charge in [0.15, 0.2) is 6.23 Å². The summed E-state index contributed by atoms with van der Waals surface area (Å²) in [6, 6.07) is 9.19. The molecule has 1 aromatic rings. The molecule has 2 aliphatic rings. The Kier molecular flexibility index (Phi) is 3.42. The number of β-lactam (4-membered cyclic amide) rings is 1. The number of hydrogen-bond acceptors (Lipinski definition) is 5. The van der Waals surface area contributed by atoms with Gasteiger partial charge in [-0.15, -0.1) is 5.06 Å². The molecule has 1 aromatic carbocycles. The molecule has 20 heavy (non-hydrogen) atoms. The van der Waals surface area contributed by atoms with Crippen molar-refractivity contribution in [1.82, 2.24) is 10.4 Å². The highest BCUT2D eigenvalue weighted by Crippen LogP contribution is 2.32. The van der Waals surface area contributed by atoms with Gasteiger partial charge >= 0.3 is 5.97 Å². The van der Waals surface area contributed by atoms with Crippen LogP contribution in [0.15, 0.2) is 30.3 Å². The molecule has 0 aliphatic carbocycles. The van der Waals surface area contributed by atoms with E-state index in [4.69, 9.17) is 9.57 Å². The van der Waals surface area contributed by atoms with Crippen molar-refractivity contribution in [3.8, 4) is 0 Å². The number of nitrogens with one attached hydrogen (secondary N) is 1. The lowest BCUT2D eigenvalue weighted by Gasteiger charge is -2.25. The Morgan fingerprint density at radius 1 is 1.50 bits per heavy atom. The van der Waals surface area contributed by atoms with Crippen molar-refractivity contribution < 1.29 is 19.2 Å². The quantitative estimate of drug-likeness (QED) is 0.473. The van der Waals surface area contributed by atoms with E-state index >= 15 is 0 Å². The average Bonchev–Trinajstić information content (AvgIpc) is 3.21. The van der Waals surface area contributed by atoms with Gasteiger partial charge in [0.1, 0.15) is 6.04 Å². The molecular formula is C14H16N2O4. The third kappa shape index (κ3) is 2.52. The number of carbonyl (C=O) groups excluding carboxylic acids is 2. The van der Waals surface area contributed by atoms with Crippen molar-refractivity contribution >= 4 is 11.9 Å². The number of benzene rings is 1. The second-order valence-corrected chi connectivity index (χ2v) is 4.96. The number of hydrogen-bond donors (Lipinski definition) is 1. The first kappa shape index (κ1) is 13.1. The molecule has 2 aliphatic heterocycles. The number of nitrogens with zero attached hydrogens (tertiary/aromatic N) is 1. The highest BCUT2D eigenvalue weighted by Gasteiger charge is 2.53. The van der Waals surface area contributed by atoms with Gasteiger partial charge in [0.05, 0.1) is 19.6 Å². The number of ether oxygens (including phenoxy) is 1. The van der Waals surface area contributed by atoms with E-state index in [2.05, 4.69) is 5.32 Å². The topological polar surface area (TPSA) is 70.9 Å². The molecule has 0 aromatic heterocycles. The molecule has 0 radical (unpaired) electrons. The minimum atomic E-state index is -0.482. The summed E-state index contributed by atoms with van der Waals surface area (Å²) >= 11 is 0. The van der Waals surface area contributed by atoms with Crippen molar-refractivity contribution in [2.45, 2.75) is 31.2 Å². The molecule has 4 atom stereocenters. The van der Waals surface area contributed by atoms with Gasteiger partial charge in [0.2, 0.25) is 5.91 Å². The molecule has 0 spiro atoms. The molecule has 1 amide bonds. The zero-order valence-electron chi connectivity index (χ0n) is 11.1. The van der Waals surface area contributed by atoms with Crippen molar-refractivity contribution in [1.29, 1.82) is 0 Å². The summed E-state index contributed by atoms with van der Waals surface area (Å²) in [5, 5.41) is 4.37. The first-order valence-electron chi connectivity index (χ1n) is 6.55. The van der Waals surface area contributed by atoms with Crippen LogP contribution in [0.4, 0.5) is 0 Å². The van der Waals surface area contributed by atoms with Crippen LogP contribution < -0.4 is 5.32 Å². The third-order valence-corrected chi connectivity index (χ3v) is 3.58. The van der Waals surface area contributed by atoms with Crippen molar-refractivity contribution in [2.75, 3.05) is 7.11 Å². The highest BCUT2D eigenvalue weighted by atomic mass is 16.8. The Morgan fingerprint density at radius 2 is 2.20 bits per heavy atom. The first-order valence-corrected chi connectivity index (χ1v) is 6.55. The van der Waals surface area contributed by atoms with Crippen LogP contribution in [0.5, 0.6) is 0 Å².